The highest BCUT2D eigenvalue weighted by atomic mass is 19.1. The van der Waals surface area contributed by atoms with Crippen LogP contribution in [0, 0.1) is 11.6 Å². The van der Waals surface area contributed by atoms with E-state index in [1.54, 1.807) is 31.2 Å². The lowest BCUT2D eigenvalue weighted by atomic mass is 9.81. The normalized spacial score (nSPS) is 24.6. The molecule has 1 amide bonds. The molecule has 6 heteroatoms. The summed E-state index contributed by atoms with van der Waals surface area (Å²) in [6, 6.07) is 10.8. The predicted octanol–water partition coefficient (Wildman–Crippen LogP) is 4.85. The average molecular weight is 389 g/mol. The first-order valence-electron chi connectivity index (χ1n) is 9.39. The topological polar surface area (TPSA) is 47.6 Å². The quantitative estimate of drug-likeness (QED) is 0.795. The fourth-order valence-electron chi connectivity index (χ4n) is 3.67. The monoisotopic (exact) mass is 389 g/mol. The van der Waals surface area contributed by atoms with Crippen molar-refractivity contribution in [2.45, 2.75) is 50.9 Å². The van der Waals surface area contributed by atoms with Crippen molar-refractivity contribution in [3.8, 4) is 5.75 Å². The Balaban J connectivity index is 1.94. The van der Waals surface area contributed by atoms with Crippen LogP contribution in [0.1, 0.15) is 56.4 Å². The summed E-state index contributed by atoms with van der Waals surface area (Å²) in [4.78, 5) is 12.1. The van der Waals surface area contributed by atoms with Gasteiger partial charge in [0.25, 0.3) is 0 Å². The summed E-state index contributed by atoms with van der Waals surface area (Å²) in [5, 5.41) is 3.10. The van der Waals surface area contributed by atoms with Gasteiger partial charge in [-0.25, -0.2) is 8.78 Å². The maximum Gasteiger partial charge on any atom is 0.220 e. The lowest BCUT2D eigenvalue weighted by molar-refractivity contribution is -0.128. The van der Waals surface area contributed by atoms with E-state index >= 15 is 0 Å². The minimum Gasteiger partial charge on any atom is -0.494 e. The second kappa shape index (κ2) is 8.27. The first kappa shape index (κ1) is 20.3. The Morgan fingerprint density at radius 3 is 2.36 bits per heavy atom. The molecule has 1 fully saturated rings. The number of hydrogen-bond acceptors (Lipinski definition) is 3. The Labute approximate surface area is 163 Å². The molecule has 0 bridgehead atoms. The number of carbonyl (C=O) groups is 1. The third-order valence-electron chi connectivity index (χ3n) is 5.15. The van der Waals surface area contributed by atoms with E-state index in [0.717, 1.165) is 11.1 Å². The largest absolute Gasteiger partial charge is 0.494 e. The first-order valence-corrected chi connectivity index (χ1v) is 9.39. The van der Waals surface area contributed by atoms with Gasteiger partial charge in [-0.3, -0.25) is 4.79 Å². The highest BCUT2D eigenvalue weighted by molar-refractivity contribution is 5.76. The standard InChI is InChI=1S/C22H25F2NO3/c1-4-21(26)25-22(2)12-19(14-5-8-16(23)9-6-14)28-20(13-22)15-7-10-17(24)18(11-15)27-3/h5-11,19-20H,4,12-13H2,1-3H3,(H,25,26)/t19-,20+,22+/m0/s1. The predicted molar refractivity (Wildman–Crippen MR) is 102 cm³/mol. The van der Waals surface area contributed by atoms with Crippen LogP contribution in [0.15, 0.2) is 42.5 Å². The fourth-order valence-corrected chi connectivity index (χ4v) is 3.67. The van der Waals surface area contributed by atoms with E-state index in [2.05, 4.69) is 5.32 Å². The van der Waals surface area contributed by atoms with Gasteiger partial charge in [-0.05, 0) is 42.3 Å². The molecule has 1 heterocycles. The Bertz CT molecular complexity index is 840. The molecule has 1 saturated heterocycles. The van der Waals surface area contributed by atoms with Crippen LogP contribution in [-0.2, 0) is 9.53 Å². The van der Waals surface area contributed by atoms with Gasteiger partial charge in [0.1, 0.15) is 5.82 Å². The van der Waals surface area contributed by atoms with Gasteiger partial charge in [0.15, 0.2) is 11.6 Å². The SMILES string of the molecule is CCC(=O)N[C@]1(C)C[C@@H](c2ccc(F)cc2)O[C@@H](c2ccc(F)c(OC)c2)C1. The van der Waals surface area contributed by atoms with Crippen LogP contribution in [0.4, 0.5) is 8.78 Å². The number of ether oxygens (including phenoxy) is 2. The molecule has 0 aromatic heterocycles. The molecule has 0 unspecified atom stereocenters. The molecule has 28 heavy (non-hydrogen) atoms. The molecule has 0 radical (unpaired) electrons. The molecule has 2 aromatic rings. The van der Waals surface area contributed by atoms with Crippen LogP contribution in [0.2, 0.25) is 0 Å². The summed E-state index contributed by atoms with van der Waals surface area (Å²) in [6.07, 6.45) is 0.759. The van der Waals surface area contributed by atoms with E-state index < -0.39 is 11.4 Å². The zero-order valence-corrected chi connectivity index (χ0v) is 16.3. The number of rotatable bonds is 5. The summed E-state index contributed by atoms with van der Waals surface area (Å²) < 4.78 is 38.6. The molecule has 3 rings (SSSR count). The summed E-state index contributed by atoms with van der Waals surface area (Å²) in [6.45, 7) is 3.78. The van der Waals surface area contributed by atoms with Crippen LogP contribution in [0.5, 0.6) is 5.75 Å². The Hall–Kier alpha value is -2.47. The highest BCUT2D eigenvalue weighted by Gasteiger charge is 2.40. The molecule has 0 spiro atoms. The molecule has 3 atom stereocenters. The van der Waals surface area contributed by atoms with Gasteiger partial charge in [0.05, 0.1) is 19.3 Å². The van der Waals surface area contributed by atoms with Crippen LogP contribution in [-0.4, -0.2) is 18.6 Å². The van der Waals surface area contributed by atoms with E-state index in [-0.39, 0.29) is 29.7 Å². The molecule has 150 valence electrons. The first-order chi connectivity index (χ1) is 13.3. The van der Waals surface area contributed by atoms with Crippen LogP contribution < -0.4 is 10.1 Å². The smallest absolute Gasteiger partial charge is 0.220 e. The van der Waals surface area contributed by atoms with Crippen molar-refractivity contribution in [1.82, 2.24) is 5.32 Å². The molecule has 0 saturated carbocycles. The van der Waals surface area contributed by atoms with Crippen molar-refractivity contribution in [2.24, 2.45) is 0 Å². The number of methoxy groups -OCH3 is 1. The highest BCUT2D eigenvalue weighted by Crippen LogP contribution is 2.44. The summed E-state index contributed by atoms with van der Waals surface area (Å²) >= 11 is 0. The lowest BCUT2D eigenvalue weighted by Gasteiger charge is -2.43. The molecular formula is C22H25F2NO3. The zero-order valence-electron chi connectivity index (χ0n) is 16.3. The minimum atomic E-state index is -0.517. The van der Waals surface area contributed by atoms with Crippen molar-refractivity contribution < 1.29 is 23.0 Å². The molecule has 1 aliphatic heterocycles. The molecule has 2 aromatic carbocycles. The summed E-state index contributed by atoms with van der Waals surface area (Å²) in [5.41, 5.74) is 1.08. The van der Waals surface area contributed by atoms with Gasteiger partial charge in [-0.1, -0.05) is 25.1 Å². The zero-order chi connectivity index (χ0) is 20.3. The van der Waals surface area contributed by atoms with Gasteiger partial charge < -0.3 is 14.8 Å². The summed E-state index contributed by atoms with van der Waals surface area (Å²) in [5.74, 6) is -0.664. The van der Waals surface area contributed by atoms with Gasteiger partial charge in [-0.2, -0.15) is 0 Å². The number of nitrogens with one attached hydrogen (secondary N) is 1. The molecule has 1 aliphatic rings. The van der Waals surface area contributed by atoms with Crippen LogP contribution in [0.3, 0.4) is 0 Å². The molecule has 0 aliphatic carbocycles. The summed E-state index contributed by atoms with van der Waals surface area (Å²) in [7, 11) is 1.41. The van der Waals surface area contributed by atoms with Gasteiger partial charge >= 0.3 is 0 Å². The van der Waals surface area contributed by atoms with Crippen molar-refractivity contribution in [1.29, 1.82) is 0 Å². The van der Waals surface area contributed by atoms with E-state index in [0.29, 0.717) is 19.3 Å². The van der Waals surface area contributed by atoms with Crippen molar-refractivity contribution in [3.05, 3.63) is 65.2 Å². The van der Waals surface area contributed by atoms with E-state index in [4.69, 9.17) is 9.47 Å². The Kier molecular flexibility index (Phi) is 5.98. The number of amides is 1. The van der Waals surface area contributed by atoms with Gasteiger partial charge in [0, 0.05) is 24.8 Å². The molecule has 1 N–H and O–H groups in total. The number of hydrogen-bond donors (Lipinski definition) is 1. The van der Waals surface area contributed by atoms with Crippen molar-refractivity contribution >= 4 is 5.91 Å². The van der Waals surface area contributed by atoms with Crippen LogP contribution in [0.25, 0.3) is 0 Å². The average Bonchev–Trinajstić information content (AvgIpc) is 2.68. The third-order valence-corrected chi connectivity index (χ3v) is 5.15. The lowest BCUT2D eigenvalue weighted by Crippen LogP contribution is -2.50. The van der Waals surface area contributed by atoms with E-state index in [1.807, 2.05) is 6.92 Å². The Morgan fingerprint density at radius 2 is 1.75 bits per heavy atom. The second-order valence-electron chi connectivity index (χ2n) is 7.43. The van der Waals surface area contributed by atoms with Crippen LogP contribution >= 0.6 is 0 Å². The van der Waals surface area contributed by atoms with E-state index in [1.165, 1.54) is 25.3 Å². The fraction of sp³-hybridized carbons (Fsp3) is 0.409. The minimum absolute atomic E-state index is 0.0438. The number of carbonyl (C=O) groups excluding carboxylic acids is 1. The van der Waals surface area contributed by atoms with Gasteiger partial charge in [0.2, 0.25) is 5.91 Å². The van der Waals surface area contributed by atoms with Crippen molar-refractivity contribution in [3.63, 3.8) is 0 Å². The van der Waals surface area contributed by atoms with E-state index in [9.17, 15) is 13.6 Å². The van der Waals surface area contributed by atoms with Gasteiger partial charge in [-0.15, -0.1) is 0 Å². The maximum atomic E-state index is 13.8. The Morgan fingerprint density at radius 1 is 1.14 bits per heavy atom. The number of halogens is 2. The number of benzene rings is 2. The third kappa shape index (κ3) is 4.50. The maximum absolute atomic E-state index is 13.8. The van der Waals surface area contributed by atoms with Crippen molar-refractivity contribution in [2.75, 3.05) is 7.11 Å². The second-order valence-corrected chi connectivity index (χ2v) is 7.43. The molecule has 4 nitrogen and oxygen atoms in total. The molecular weight excluding hydrogens is 364 g/mol.